The second kappa shape index (κ2) is 14.4. The zero-order valence-corrected chi connectivity index (χ0v) is 26.8. The van der Waals surface area contributed by atoms with E-state index in [2.05, 4.69) is 5.32 Å². The molecule has 0 radical (unpaired) electrons. The van der Waals surface area contributed by atoms with Crippen molar-refractivity contribution in [3.63, 3.8) is 0 Å². The molecule has 0 aliphatic rings. The molecule has 0 aliphatic heterocycles. The Balaban J connectivity index is 1.81. The molecule has 0 heterocycles. The summed E-state index contributed by atoms with van der Waals surface area (Å²) in [6, 6.07) is 30.0. The van der Waals surface area contributed by atoms with Crippen LogP contribution in [0.4, 0.5) is 5.69 Å². The van der Waals surface area contributed by atoms with Crippen molar-refractivity contribution in [1.29, 1.82) is 0 Å². The van der Waals surface area contributed by atoms with Crippen LogP contribution in [0.2, 0.25) is 0 Å². The molecule has 2 amide bonds. The van der Waals surface area contributed by atoms with Gasteiger partial charge in [-0.25, -0.2) is 8.42 Å². The number of rotatable bonds is 12. The second-order valence-corrected chi connectivity index (χ2v) is 13.4. The highest BCUT2D eigenvalue weighted by atomic mass is 32.2. The van der Waals surface area contributed by atoms with Crippen LogP contribution in [0, 0.1) is 20.8 Å². The van der Waals surface area contributed by atoms with Crippen molar-refractivity contribution in [2.75, 3.05) is 10.8 Å². The van der Waals surface area contributed by atoms with Crippen molar-refractivity contribution >= 4 is 27.5 Å². The number of hydrogen-bond donors (Lipinski definition) is 1. The highest BCUT2D eigenvalue weighted by molar-refractivity contribution is 7.92. The number of hydrogen-bond acceptors (Lipinski definition) is 4. The van der Waals surface area contributed by atoms with Crippen LogP contribution < -0.4 is 9.62 Å². The van der Waals surface area contributed by atoms with E-state index in [1.807, 2.05) is 101 Å². The highest BCUT2D eigenvalue weighted by Gasteiger charge is 2.35. The van der Waals surface area contributed by atoms with Crippen molar-refractivity contribution in [2.24, 2.45) is 0 Å². The van der Waals surface area contributed by atoms with Crippen LogP contribution in [0.25, 0.3) is 0 Å². The molecule has 4 aromatic carbocycles. The molecule has 230 valence electrons. The minimum absolute atomic E-state index is 0.0862. The van der Waals surface area contributed by atoms with E-state index in [0.29, 0.717) is 5.69 Å². The fourth-order valence-corrected chi connectivity index (χ4v) is 6.57. The van der Waals surface area contributed by atoms with Gasteiger partial charge < -0.3 is 10.2 Å². The van der Waals surface area contributed by atoms with Gasteiger partial charge in [-0.15, -0.1) is 0 Å². The number of carbonyl (C=O) groups excluding carboxylic acids is 2. The lowest BCUT2D eigenvalue weighted by Crippen LogP contribution is -2.54. The summed E-state index contributed by atoms with van der Waals surface area (Å²) in [6.07, 6.45) is 0.270. The lowest BCUT2D eigenvalue weighted by Gasteiger charge is -2.34. The minimum atomic E-state index is -4.14. The fourth-order valence-electron chi connectivity index (χ4n) is 5.18. The highest BCUT2D eigenvalue weighted by Crippen LogP contribution is 2.27. The molecule has 1 atom stereocenters. The predicted molar refractivity (Wildman–Crippen MR) is 176 cm³/mol. The predicted octanol–water partition coefficient (Wildman–Crippen LogP) is 5.97. The van der Waals surface area contributed by atoms with Gasteiger partial charge in [-0.05, 0) is 81.1 Å². The number of aryl methyl sites for hydroxylation is 3. The summed E-state index contributed by atoms with van der Waals surface area (Å²) in [5.41, 5.74) is 4.78. The zero-order valence-electron chi connectivity index (χ0n) is 26.0. The van der Waals surface area contributed by atoms with E-state index >= 15 is 0 Å². The van der Waals surface area contributed by atoms with E-state index in [-0.39, 0.29) is 29.8 Å². The molecule has 0 aromatic heterocycles. The number of nitrogens with one attached hydrogen (secondary N) is 1. The van der Waals surface area contributed by atoms with Crippen LogP contribution in [-0.2, 0) is 32.6 Å². The maximum atomic E-state index is 14.5. The normalized spacial score (nSPS) is 12.0. The SMILES string of the molecule is Cc1ccc(S(=O)(=O)N(CC(=O)N(Cc2ccccc2)C(Cc2ccccc2)C(=O)NC(C)C)c2cc(C)cc(C)c2)cc1. The Morgan fingerprint density at radius 1 is 0.727 bits per heavy atom. The topological polar surface area (TPSA) is 86.8 Å². The molecule has 0 bridgehead atoms. The van der Waals surface area contributed by atoms with Gasteiger partial charge in [0.15, 0.2) is 0 Å². The number of amides is 2. The van der Waals surface area contributed by atoms with Crippen LogP contribution in [0.5, 0.6) is 0 Å². The van der Waals surface area contributed by atoms with Crippen molar-refractivity contribution in [3.05, 3.63) is 131 Å². The molecule has 7 nitrogen and oxygen atoms in total. The van der Waals surface area contributed by atoms with Crippen LogP contribution in [0.1, 0.15) is 41.7 Å². The van der Waals surface area contributed by atoms with Gasteiger partial charge in [0.1, 0.15) is 12.6 Å². The average Bonchev–Trinajstić information content (AvgIpc) is 2.98. The van der Waals surface area contributed by atoms with Gasteiger partial charge in [0.25, 0.3) is 10.0 Å². The molecule has 0 fully saturated rings. The second-order valence-electron chi connectivity index (χ2n) is 11.5. The molecule has 8 heteroatoms. The van der Waals surface area contributed by atoms with Crippen molar-refractivity contribution in [1.82, 2.24) is 10.2 Å². The van der Waals surface area contributed by atoms with Crippen molar-refractivity contribution < 1.29 is 18.0 Å². The van der Waals surface area contributed by atoms with Gasteiger partial charge in [-0.3, -0.25) is 13.9 Å². The smallest absolute Gasteiger partial charge is 0.264 e. The zero-order chi connectivity index (χ0) is 31.9. The lowest BCUT2D eigenvalue weighted by atomic mass is 10.0. The van der Waals surface area contributed by atoms with E-state index < -0.39 is 28.5 Å². The van der Waals surface area contributed by atoms with E-state index in [1.54, 1.807) is 36.4 Å². The van der Waals surface area contributed by atoms with Crippen molar-refractivity contribution in [2.45, 2.75) is 64.6 Å². The molecule has 0 saturated heterocycles. The maximum Gasteiger partial charge on any atom is 0.264 e. The third kappa shape index (κ3) is 8.35. The Bertz CT molecular complexity index is 1650. The quantitative estimate of drug-likeness (QED) is 0.214. The molecule has 0 saturated carbocycles. The molecular formula is C36H41N3O4S. The molecular weight excluding hydrogens is 570 g/mol. The summed E-state index contributed by atoms with van der Waals surface area (Å²) in [5.74, 6) is -0.781. The maximum absolute atomic E-state index is 14.5. The number of anilines is 1. The first-order valence-corrected chi connectivity index (χ1v) is 16.2. The van der Waals surface area contributed by atoms with Gasteiger partial charge in [-0.2, -0.15) is 0 Å². The van der Waals surface area contributed by atoms with Gasteiger partial charge in [0.2, 0.25) is 11.8 Å². The van der Waals surface area contributed by atoms with E-state index in [0.717, 1.165) is 32.1 Å². The molecule has 0 aliphatic carbocycles. The van der Waals surface area contributed by atoms with E-state index in [9.17, 15) is 18.0 Å². The first kappa shape index (κ1) is 32.5. The number of sulfonamides is 1. The molecule has 4 rings (SSSR count). The van der Waals surface area contributed by atoms with Gasteiger partial charge in [-0.1, -0.05) is 84.4 Å². The summed E-state index contributed by atoms with van der Waals surface area (Å²) >= 11 is 0. The Morgan fingerprint density at radius 3 is 1.82 bits per heavy atom. The number of carbonyl (C=O) groups is 2. The van der Waals surface area contributed by atoms with Crippen molar-refractivity contribution in [3.8, 4) is 0 Å². The Morgan fingerprint density at radius 2 is 1.27 bits per heavy atom. The van der Waals surface area contributed by atoms with Gasteiger partial charge in [0, 0.05) is 19.0 Å². The first-order valence-electron chi connectivity index (χ1n) is 14.8. The average molecular weight is 612 g/mol. The third-order valence-electron chi connectivity index (χ3n) is 7.28. The minimum Gasteiger partial charge on any atom is -0.352 e. The van der Waals surface area contributed by atoms with Crippen LogP contribution in [0.15, 0.2) is 108 Å². The summed E-state index contributed by atoms with van der Waals surface area (Å²) in [6.45, 7) is 9.07. The summed E-state index contributed by atoms with van der Waals surface area (Å²) < 4.78 is 29.6. The van der Waals surface area contributed by atoms with Crippen LogP contribution >= 0.6 is 0 Å². The Hall–Kier alpha value is -4.43. The number of nitrogens with zero attached hydrogens (tertiary/aromatic N) is 2. The summed E-state index contributed by atoms with van der Waals surface area (Å²) in [5, 5.41) is 2.98. The van der Waals surface area contributed by atoms with Gasteiger partial charge in [0.05, 0.1) is 10.6 Å². The van der Waals surface area contributed by atoms with E-state index in [4.69, 9.17) is 0 Å². The third-order valence-corrected chi connectivity index (χ3v) is 9.07. The largest absolute Gasteiger partial charge is 0.352 e. The molecule has 0 spiro atoms. The van der Waals surface area contributed by atoms with Crippen LogP contribution in [-0.4, -0.2) is 43.8 Å². The monoisotopic (exact) mass is 611 g/mol. The lowest BCUT2D eigenvalue weighted by molar-refractivity contribution is -0.140. The standard InChI is InChI=1S/C36H41N3O4S/c1-26(2)37-36(41)34(23-30-12-8-6-9-13-30)38(24-31-14-10-7-11-15-31)35(40)25-39(32-21-28(4)20-29(5)22-32)44(42,43)33-18-16-27(3)17-19-33/h6-22,26,34H,23-25H2,1-5H3,(H,37,41). The van der Waals surface area contributed by atoms with E-state index in [1.165, 1.54) is 4.90 Å². The molecule has 1 N–H and O–H groups in total. The first-order chi connectivity index (χ1) is 20.9. The fraction of sp³-hybridized carbons (Fsp3) is 0.278. The molecule has 1 unspecified atom stereocenters. The van der Waals surface area contributed by atoms with Crippen LogP contribution in [0.3, 0.4) is 0 Å². The summed E-state index contributed by atoms with van der Waals surface area (Å²) in [7, 11) is -4.14. The Labute approximate surface area is 261 Å². The summed E-state index contributed by atoms with van der Waals surface area (Å²) in [4.78, 5) is 29.8. The Kier molecular flexibility index (Phi) is 10.6. The number of benzene rings is 4. The molecule has 44 heavy (non-hydrogen) atoms. The van der Waals surface area contributed by atoms with Gasteiger partial charge >= 0.3 is 0 Å². The molecule has 4 aromatic rings.